The van der Waals surface area contributed by atoms with Crippen LogP contribution >= 0.6 is 0 Å². The lowest BCUT2D eigenvalue weighted by molar-refractivity contribution is -0.385. The normalized spacial score (nSPS) is 11.7. The van der Waals surface area contributed by atoms with E-state index in [1.165, 1.54) is 0 Å². The Kier molecular flexibility index (Phi) is 4.71. The molecule has 0 aliphatic rings. The second-order valence-electron chi connectivity index (χ2n) is 4.49. The van der Waals surface area contributed by atoms with E-state index in [-0.39, 0.29) is 17.5 Å². The molecule has 0 bridgehead atoms. The highest BCUT2D eigenvalue weighted by Crippen LogP contribution is 2.36. The molecule has 2 aromatic rings. The molecule has 1 unspecified atom stereocenters. The summed E-state index contributed by atoms with van der Waals surface area (Å²) >= 11 is 0. The van der Waals surface area contributed by atoms with E-state index in [2.05, 4.69) is 10.3 Å². The highest BCUT2D eigenvalue weighted by molar-refractivity contribution is 5.69. The molecule has 21 heavy (non-hydrogen) atoms. The van der Waals surface area contributed by atoms with Crippen molar-refractivity contribution in [2.75, 3.05) is 11.9 Å². The molecule has 0 fully saturated rings. The second kappa shape index (κ2) is 6.69. The highest BCUT2D eigenvalue weighted by Gasteiger charge is 2.22. The molecule has 0 radical (unpaired) electrons. The number of para-hydroxylation sites is 1. The average molecular weight is 287 g/mol. The Morgan fingerprint density at radius 3 is 2.67 bits per heavy atom. The molecular formula is C15H17N3O3. The minimum atomic E-state index is -0.424. The molecule has 0 spiro atoms. The van der Waals surface area contributed by atoms with Crippen LogP contribution in [-0.2, 0) is 0 Å². The van der Waals surface area contributed by atoms with Crippen molar-refractivity contribution in [1.29, 1.82) is 0 Å². The van der Waals surface area contributed by atoms with Gasteiger partial charge in [-0.1, -0.05) is 6.07 Å². The fourth-order valence-electron chi connectivity index (χ4n) is 2.07. The van der Waals surface area contributed by atoms with Crippen molar-refractivity contribution in [1.82, 2.24) is 4.98 Å². The van der Waals surface area contributed by atoms with Crippen LogP contribution in [0.3, 0.4) is 0 Å². The number of nitrogens with one attached hydrogen (secondary N) is 1. The molecule has 0 amide bonds. The van der Waals surface area contributed by atoms with Gasteiger partial charge in [-0.3, -0.25) is 15.1 Å². The first-order valence-electron chi connectivity index (χ1n) is 6.70. The quantitative estimate of drug-likeness (QED) is 0.649. The topological polar surface area (TPSA) is 77.3 Å². The number of anilines is 1. The van der Waals surface area contributed by atoms with Gasteiger partial charge in [0.1, 0.15) is 5.69 Å². The van der Waals surface area contributed by atoms with Crippen LogP contribution in [-0.4, -0.2) is 16.5 Å². The maximum atomic E-state index is 11.3. The molecule has 1 aromatic heterocycles. The molecular weight excluding hydrogens is 270 g/mol. The number of rotatable bonds is 6. The standard InChI is InChI=1S/C15H17N3O3/c1-3-21-14-6-4-5-13(15(14)18(19)20)17-11(2)12-7-9-16-10-8-12/h4-11,17H,3H2,1-2H3. The van der Waals surface area contributed by atoms with Crippen LogP contribution in [0.25, 0.3) is 0 Å². The summed E-state index contributed by atoms with van der Waals surface area (Å²) in [6.45, 7) is 4.11. The van der Waals surface area contributed by atoms with Crippen LogP contribution in [0.15, 0.2) is 42.7 Å². The van der Waals surface area contributed by atoms with Gasteiger partial charge in [-0.2, -0.15) is 0 Å². The minimum absolute atomic E-state index is 0.0414. The van der Waals surface area contributed by atoms with Crippen LogP contribution < -0.4 is 10.1 Å². The summed E-state index contributed by atoms with van der Waals surface area (Å²) in [5.41, 5.74) is 1.40. The molecule has 110 valence electrons. The van der Waals surface area contributed by atoms with Gasteiger partial charge in [0.2, 0.25) is 0 Å². The number of nitro groups is 1. The predicted octanol–water partition coefficient (Wildman–Crippen LogP) is 3.56. The number of nitrogens with zero attached hydrogens (tertiary/aromatic N) is 2. The molecule has 0 aliphatic heterocycles. The third-order valence-corrected chi connectivity index (χ3v) is 3.06. The maximum absolute atomic E-state index is 11.3. The smallest absolute Gasteiger partial charge is 0.333 e. The summed E-state index contributed by atoms with van der Waals surface area (Å²) in [5, 5.41) is 14.5. The van der Waals surface area contributed by atoms with E-state index in [4.69, 9.17) is 4.74 Å². The van der Waals surface area contributed by atoms with Crippen molar-refractivity contribution in [3.63, 3.8) is 0 Å². The predicted molar refractivity (Wildman–Crippen MR) is 80.5 cm³/mol. The van der Waals surface area contributed by atoms with Gasteiger partial charge in [-0.05, 0) is 43.7 Å². The molecule has 2 rings (SSSR count). The lowest BCUT2D eigenvalue weighted by Gasteiger charge is -2.16. The maximum Gasteiger partial charge on any atom is 0.333 e. The van der Waals surface area contributed by atoms with Gasteiger partial charge in [0, 0.05) is 18.4 Å². The monoisotopic (exact) mass is 287 g/mol. The Balaban J connectivity index is 2.31. The summed E-state index contributed by atoms with van der Waals surface area (Å²) in [5.74, 6) is 0.273. The van der Waals surface area contributed by atoms with E-state index in [0.29, 0.717) is 12.3 Å². The third kappa shape index (κ3) is 3.47. The molecule has 0 saturated heterocycles. The molecule has 0 saturated carbocycles. The van der Waals surface area contributed by atoms with Crippen LogP contribution in [0, 0.1) is 10.1 Å². The summed E-state index contributed by atoms with van der Waals surface area (Å²) in [4.78, 5) is 14.9. The fraction of sp³-hybridized carbons (Fsp3) is 0.267. The second-order valence-corrected chi connectivity index (χ2v) is 4.49. The highest BCUT2D eigenvalue weighted by atomic mass is 16.6. The summed E-state index contributed by atoms with van der Waals surface area (Å²) in [7, 11) is 0. The Labute approximate surface area is 122 Å². The van der Waals surface area contributed by atoms with Crippen LogP contribution in [0.5, 0.6) is 5.75 Å². The molecule has 6 nitrogen and oxygen atoms in total. The molecule has 1 aromatic carbocycles. The van der Waals surface area contributed by atoms with E-state index in [1.54, 1.807) is 37.5 Å². The van der Waals surface area contributed by atoms with E-state index in [0.717, 1.165) is 5.56 Å². The first-order valence-corrected chi connectivity index (χ1v) is 6.70. The number of benzene rings is 1. The summed E-state index contributed by atoms with van der Waals surface area (Å²) in [6.07, 6.45) is 3.39. The van der Waals surface area contributed by atoms with Crippen molar-refractivity contribution in [2.45, 2.75) is 19.9 Å². The number of pyridine rings is 1. The zero-order chi connectivity index (χ0) is 15.2. The lowest BCUT2D eigenvalue weighted by Crippen LogP contribution is -2.09. The molecule has 1 N–H and O–H groups in total. The first kappa shape index (κ1) is 14.8. The molecule has 6 heteroatoms. The Bertz CT molecular complexity index is 617. The zero-order valence-corrected chi connectivity index (χ0v) is 11.9. The van der Waals surface area contributed by atoms with Gasteiger partial charge < -0.3 is 10.1 Å². The number of hydrogen-bond acceptors (Lipinski definition) is 5. The Morgan fingerprint density at radius 2 is 2.05 bits per heavy atom. The first-order chi connectivity index (χ1) is 10.1. The van der Waals surface area contributed by atoms with Gasteiger partial charge in [-0.15, -0.1) is 0 Å². The van der Waals surface area contributed by atoms with Crippen molar-refractivity contribution < 1.29 is 9.66 Å². The van der Waals surface area contributed by atoms with Crippen molar-refractivity contribution >= 4 is 11.4 Å². The van der Waals surface area contributed by atoms with Crippen LogP contribution in [0.1, 0.15) is 25.5 Å². The SMILES string of the molecule is CCOc1cccc(NC(C)c2ccncc2)c1[N+](=O)[O-]. The van der Waals surface area contributed by atoms with Gasteiger partial charge in [0.05, 0.1) is 11.5 Å². The van der Waals surface area contributed by atoms with Crippen molar-refractivity contribution in [3.05, 3.63) is 58.4 Å². The van der Waals surface area contributed by atoms with Crippen LogP contribution in [0.4, 0.5) is 11.4 Å². The summed E-state index contributed by atoms with van der Waals surface area (Å²) < 4.78 is 5.33. The van der Waals surface area contributed by atoms with E-state index < -0.39 is 4.92 Å². The van der Waals surface area contributed by atoms with Crippen molar-refractivity contribution in [2.24, 2.45) is 0 Å². The van der Waals surface area contributed by atoms with E-state index >= 15 is 0 Å². The number of hydrogen-bond donors (Lipinski definition) is 1. The van der Waals surface area contributed by atoms with Gasteiger partial charge >= 0.3 is 5.69 Å². The number of nitro benzene ring substituents is 1. The van der Waals surface area contributed by atoms with E-state index in [1.807, 2.05) is 19.1 Å². The van der Waals surface area contributed by atoms with Crippen LogP contribution in [0.2, 0.25) is 0 Å². The Morgan fingerprint density at radius 1 is 1.33 bits per heavy atom. The Hall–Kier alpha value is -2.63. The average Bonchev–Trinajstić information content (AvgIpc) is 2.48. The van der Waals surface area contributed by atoms with Crippen molar-refractivity contribution in [3.8, 4) is 5.75 Å². The lowest BCUT2D eigenvalue weighted by atomic mass is 10.1. The zero-order valence-electron chi connectivity index (χ0n) is 11.9. The minimum Gasteiger partial charge on any atom is -0.487 e. The number of ether oxygens (including phenoxy) is 1. The fourth-order valence-corrected chi connectivity index (χ4v) is 2.07. The molecule has 1 heterocycles. The third-order valence-electron chi connectivity index (χ3n) is 3.06. The summed E-state index contributed by atoms with van der Waals surface area (Å²) in [6, 6.07) is 8.68. The van der Waals surface area contributed by atoms with Gasteiger partial charge in [-0.25, -0.2) is 0 Å². The van der Waals surface area contributed by atoms with Gasteiger partial charge in [0.15, 0.2) is 5.75 Å². The number of aromatic nitrogens is 1. The van der Waals surface area contributed by atoms with Gasteiger partial charge in [0.25, 0.3) is 0 Å². The molecule has 0 aliphatic carbocycles. The molecule has 1 atom stereocenters. The largest absolute Gasteiger partial charge is 0.487 e. The van der Waals surface area contributed by atoms with E-state index in [9.17, 15) is 10.1 Å².